The summed E-state index contributed by atoms with van der Waals surface area (Å²) in [6.45, 7) is 3.90. The topological polar surface area (TPSA) is 104 Å². The van der Waals surface area contributed by atoms with E-state index >= 15 is 0 Å². The van der Waals surface area contributed by atoms with E-state index in [9.17, 15) is 9.59 Å². The van der Waals surface area contributed by atoms with Gasteiger partial charge in [0.05, 0.1) is 32.5 Å². The van der Waals surface area contributed by atoms with Gasteiger partial charge >= 0.3 is 0 Å². The normalized spacial score (nSPS) is 16.9. The number of ether oxygens (including phenoxy) is 2. The first-order chi connectivity index (χ1) is 15.0. The van der Waals surface area contributed by atoms with Gasteiger partial charge in [0.15, 0.2) is 11.5 Å². The average Bonchev–Trinajstić information content (AvgIpc) is 3.28. The van der Waals surface area contributed by atoms with Crippen molar-refractivity contribution < 1.29 is 19.1 Å². The van der Waals surface area contributed by atoms with Crippen LogP contribution in [0.2, 0.25) is 0 Å². The molecule has 31 heavy (non-hydrogen) atoms. The molecule has 1 saturated heterocycles. The van der Waals surface area contributed by atoms with E-state index in [1.54, 1.807) is 58.6 Å². The minimum atomic E-state index is -0.416. The molecule has 1 aromatic carbocycles. The minimum absolute atomic E-state index is 0.162. The molecule has 2 amide bonds. The third-order valence-electron chi connectivity index (χ3n) is 4.94. The largest absolute Gasteiger partial charge is 0.493 e. The number of amides is 2. The minimum Gasteiger partial charge on any atom is -0.493 e. The molecule has 164 valence electrons. The number of hydrogen-bond donors (Lipinski definition) is 1. The Kier molecular flexibility index (Phi) is 8.82. The van der Waals surface area contributed by atoms with Crippen molar-refractivity contribution in [2.75, 3.05) is 27.3 Å². The van der Waals surface area contributed by atoms with E-state index in [1.165, 1.54) is 4.90 Å². The van der Waals surface area contributed by atoms with Crippen molar-refractivity contribution in [3.63, 3.8) is 0 Å². The quantitative estimate of drug-likeness (QED) is 0.393. The Hall–Kier alpha value is -3.60. The molecule has 1 aliphatic rings. The summed E-state index contributed by atoms with van der Waals surface area (Å²) in [5.74, 6) is 0.481. The van der Waals surface area contributed by atoms with Crippen molar-refractivity contribution in [2.24, 2.45) is 4.99 Å². The molecule has 8 nitrogen and oxygen atoms in total. The highest BCUT2D eigenvalue weighted by atomic mass is 16.5. The lowest BCUT2D eigenvalue weighted by Gasteiger charge is -2.19. The fraction of sp³-hybridized carbons (Fsp3) is 0.391. The molecule has 1 fully saturated rings. The Bertz CT molecular complexity index is 943. The molecule has 0 saturated carbocycles. The standard InChI is InChI=1S/C23H28N4O4/c1-5-16(23(29)26-15-22(28)27-11-7-8-18(27)14-24)12-19(25-6-2)17-9-10-20(30-3)21(13-17)31-4/h5-6,9-10,12-13,18H,7-8,11,15H2,1-4H3,(H,26,29)/b16-5+,19-12-,25-6?/t18-/m0/s1. The Morgan fingerprint density at radius 2 is 2.03 bits per heavy atom. The Balaban J connectivity index is 2.18. The number of aliphatic imine (C=N–C) groups is 1. The second-order valence-corrected chi connectivity index (χ2v) is 6.79. The van der Waals surface area contributed by atoms with Crippen LogP contribution in [0.5, 0.6) is 11.5 Å². The van der Waals surface area contributed by atoms with Gasteiger partial charge in [-0.1, -0.05) is 6.08 Å². The van der Waals surface area contributed by atoms with Gasteiger partial charge < -0.3 is 19.7 Å². The highest BCUT2D eigenvalue weighted by Crippen LogP contribution is 2.31. The molecule has 0 aromatic heterocycles. The summed E-state index contributed by atoms with van der Waals surface area (Å²) in [6, 6.07) is 7.08. The first-order valence-corrected chi connectivity index (χ1v) is 10.0. The fourth-order valence-corrected chi connectivity index (χ4v) is 3.32. The molecule has 0 bridgehead atoms. The molecule has 2 rings (SSSR count). The molecular weight excluding hydrogens is 396 g/mol. The zero-order valence-corrected chi connectivity index (χ0v) is 18.3. The second kappa shape index (κ2) is 11.6. The predicted molar refractivity (Wildman–Crippen MR) is 119 cm³/mol. The summed E-state index contributed by atoms with van der Waals surface area (Å²) < 4.78 is 10.6. The van der Waals surface area contributed by atoms with Crippen molar-refractivity contribution in [2.45, 2.75) is 32.7 Å². The zero-order chi connectivity index (χ0) is 22.8. The van der Waals surface area contributed by atoms with Crippen molar-refractivity contribution >= 4 is 23.7 Å². The smallest absolute Gasteiger partial charge is 0.251 e. The number of carbonyl (C=O) groups excluding carboxylic acids is 2. The van der Waals surface area contributed by atoms with E-state index in [-0.39, 0.29) is 12.5 Å². The van der Waals surface area contributed by atoms with Crippen molar-refractivity contribution in [3.8, 4) is 17.6 Å². The van der Waals surface area contributed by atoms with Gasteiger partial charge in [-0.15, -0.1) is 0 Å². The summed E-state index contributed by atoms with van der Waals surface area (Å²) in [6.07, 6.45) is 6.40. The fourth-order valence-electron chi connectivity index (χ4n) is 3.32. The van der Waals surface area contributed by atoms with Crippen LogP contribution in [0, 0.1) is 11.3 Å². The van der Waals surface area contributed by atoms with Crippen LogP contribution in [0.25, 0.3) is 5.70 Å². The number of nitriles is 1. The molecule has 1 N–H and O–H groups in total. The van der Waals surface area contributed by atoms with Gasteiger partial charge in [0.1, 0.15) is 6.04 Å². The van der Waals surface area contributed by atoms with Crippen LogP contribution in [0.3, 0.4) is 0 Å². The SMILES string of the molecule is CC=N/C(=C\C(=C/C)C(=O)NCC(=O)N1CCC[C@H]1C#N)c1ccc(OC)c(OC)c1. The number of benzene rings is 1. The molecule has 1 aromatic rings. The van der Waals surface area contributed by atoms with Crippen molar-refractivity contribution in [1.29, 1.82) is 5.26 Å². The zero-order valence-electron chi connectivity index (χ0n) is 18.3. The first kappa shape index (κ1) is 23.7. The third kappa shape index (κ3) is 5.95. The molecular formula is C23H28N4O4. The number of hydrogen-bond acceptors (Lipinski definition) is 6. The van der Waals surface area contributed by atoms with Gasteiger partial charge in [-0.25, -0.2) is 0 Å². The van der Waals surface area contributed by atoms with E-state index in [0.717, 1.165) is 12.0 Å². The van der Waals surface area contributed by atoms with Crippen LogP contribution >= 0.6 is 0 Å². The monoisotopic (exact) mass is 424 g/mol. The maximum atomic E-state index is 12.7. The van der Waals surface area contributed by atoms with Crippen molar-refractivity contribution in [1.82, 2.24) is 10.2 Å². The van der Waals surface area contributed by atoms with Gasteiger partial charge in [0.25, 0.3) is 5.91 Å². The van der Waals surface area contributed by atoms with Crippen LogP contribution in [-0.2, 0) is 9.59 Å². The highest BCUT2D eigenvalue weighted by molar-refractivity contribution is 6.00. The van der Waals surface area contributed by atoms with Crippen LogP contribution in [-0.4, -0.2) is 56.3 Å². The Morgan fingerprint density at radius 3 is 2.65 bits per heavy atom. The molecule has 0 aliphatic carbocycles. The maximum absolute atomic E-state index is 12.7. The van der Waals surface area contributed by atoms with E-state index in [2.05, 4.69) is 16.4 Å². The molecule has 0 spiro atoms. The number of nitrogens with one attached hydrogen (secondary N) is 1. The summed E-state index contributed by atoms with van der Waals surface area (Å²) >= 11 is 0. The number of allylic oxidation sites excluding steroid dienone is 1. The number of methoxy groups -OCH3 is 2. The second-order valence-electron chi connectivity index (χ2n) is 6.79. The molecule has 1 heterocycles. The first-order valence-electron chi connectivity index (χ1n) is 10.0. The molecule has 8 heteroatoms. The van der Waals surface area contributed by atoms with Crippen LogP contribution in [0.1, 0.15) is 32.3 Å². The summed E-state index contributed by atoms with van der Waals surface area (Å²) in [7, 11) is 3.11. The van der Waals surface area contributed by atoms with Gasteiger partial charge in [0.2, 0.25) is 5.91 Å². The van der Waals surface area contributed by atoms with Crippen LogP contribution < -0.4 is 14.8 Å². The van der Waals surface area contributed by atoms with E-state index < -0.39 is 11.9 Å². The number of likely N-dealkylation sites (tertiary alicyclic amines) is 1. The number of nitrogens with zero attached hydrogens (tertiary/aromatic N) is 3. The summed E-state index contributed by atoms with van der Waals surface area (Å²) in [5, 5.41) is 11.8. The van der Waals surface area contributed by atoms with E-state index in [1.807, 2.05) is 6.07 Å². The third-order valence-corrected chi connectivity index (χ3v) is 4.94. The van der Waals surface area contributed by atoms with Gasteiger partial charge in [0, 0.05) is 23.9 Å². The van der Waals surface area contributed by atoms with E-state index in [0.29, 0.717) is 35.7 Å². The lowest BCUT2D eigenvalue weighted by molar-refractivity contribution is -0.132. The number of carbonyl (C=O) groups is 2. The molecule has 1 aliphatic heterocycles. The van der Waals surface area contributed by atoms with Crippen LogP contribution in [0.4, 0.5) is 0 Å². The summed E-state index contributed by atoms with van der Waals surface area (Å²) in [4.78, 5) is 31.0. The van der Waals surface area contributed by atoms with Gasteiger partial charge in [-0.05, 0) is 51.0 Å². The summed E-state index contributed by atoms with van der Waals surface area (Å²) in [5.41, 5.74) is 1.66. The lowest BCUT2D eigenvalue weighted by Crippen LogP contribution is -2.42. The molecule has 0 radical (unpaired) electrons. The van der Waals surface area contributed by atoms with Crippen LogP contribution in [0.15, 0.2) is 40.9 Å². The lowest BCUT2D eigenvalue weighted by atomic mass is 10.1. The van der Waals surface area contributed by atoms with Gasteiger partial charge in [-0.3, -0.25) is 14.6 Å². The predicted octanol–water partition coefficient (Wildman–Crippen LogP) is 2.71. The Labute approximate surface area is 182 Å². The van der Waals surface area contributed by atoms with Crippen molar-refractivity contribution in [3.05, 3.63) is 41.5 Å². The molecule has 0 unspecified atom stereocenters. The Morgan fingerprint density at radius 1 is 1.29 bits per heavy atom. The van der Waals surface area contributed by atoms with E-state index in [4.69, 9.17) is 14.7 Å². The van der Waals surface area contributed by atoms with Gasteiger partial charge in [-0.2, -0.15) is 5.26 Å². The number of rotatable bonds is 8. The highest BCUT2D eigenvalue weighted by Gasteiger charge is 2.28. The maximum Gasteiger partial charge on any atom is 0.251 e. The molecule has 1 atom stereocenters. The average molecular weight is 425 g/mol.